The van der Waals surface area contributed by atoms with Gasteiger partial charge in [0.2, 0.25) is 0 Å². The van der Waals surface area contributed by atoms with Crippen molar-refractivity contribution in [2.24, 2.45) is 4.99 Å². The van der Waals surface area contributed by atoms with Crippen molar-refractivity contribution in [3.63, 3.8) is 0 Å². The summed E-state index contributed by atoms with van der Waals surface area (Å²) in [5.41, 5.74) is 2.13. The van der Waals surface area contributed by atoms with E-state index in [0.29, 0.717) is 32.3 Å². The molecule has 26 heavy (non-hydrogen) atoms. The van der Waals surface area contributed by atoms with Gasteiger partial charge in [-0.25, -0.2) is 0 Å². The van der Waals surface area contributed by atoms with Crippen LogP contribution in [0.1, 0.15) is 17.5 Å². The van der Waals surface area contributed by atoms with Crippen LogP contribution in [0.5, 0.6) is 11.5 Å². The van der Waals surface area contributed by atoms with Gasteiger partial charge in [0.05, 0.1) is 13.2 Å². The molecule has 0 saturated heterocycles. The van der Waals surface area contributed by atoms with Crippen molar-refractivity contribution in [2.75, 3.05) is 20.3 Å². The van der Waals surface area contributed by atoms with Crippen LogP contribution in [0.15, 0.2) is 47.5 Å². The number of fused-ring (bicyclic) bond motifs is 1. The maximum atomic E-state index is 6.18. The largest absolute Gasteiger partial charge is 0.490 e. The summed E-state index contributed by atoms with van der Waals surface area (Å²) in [6.45, 7) is 2.63. The number of hydrogen-bond acceptors (Lipinski definition) is 3. The zero-order chi connectivity index (χ0) is 17.5. The molecule has 2 aromatic carbocycles. The molecular formula is C19H23ClIN3O2. The average molecular weight is 488 g/mol. The van der Waals surface area contributed by atoms with Gasteiger partial charge in [0.25, 0.3) is 0 Å². The van der Waals surface area contributed by atoms with Gasteiger partial charge in [0, 0.05) is 31.6 Å². The third kappa shape index (κ3) is 5.67. The second-order valence-corrected chi connectivity index (χ2v) is 6.11. The molecule has 3 rings (SSSR count). The third-order valence-corrected chi connectivity index (χ3v) is 4.27. The van der Waals surface area contributed by atoms with Crippen LogP contribution >= 0.6 is 35.6 Å². The summed E-state index contributed by atoms with van der Waals surface area (Å²) in [6.07, 6.45) is 0.904. The number of halogens is 2. The van der Waals surface area contributed by atoms with E-state index < -0.39 is 0 Å². The summed E-state index contributed by atoms with van der Waals surface area (Å²) in [5.74, 6) is 2.32. The number of nitrogens with one attached hydrogen (secondary N) is 2. The average Bonchev–Trinajstić information content (AvgIpc) is 2.88. The minimum Gasteiger partial charge on any atom is -0.490 e. The normalized spacial score (nSPS) is 13.4. The lowest BCUT2D eigenvalue weighted by Crippen LogP contribution is -2.36. The first kappa shape index (κ1) is 20.6. The van der Waals surface area contributed by atoms with E-state index >= 15 is 0 Å². The Kier molecular flexibility index (Phi) is 8.31. The third-order valence-electron chi connectivity index (χ3n) is 3.90. The van der Waals surface area contributed by atoms with Gasteiger partial charge >= 0.3 is 0 Å². The van der Waals surface area contributed by atoms with Gasteiger partial charge in [-0.3, -0.25) is 4.99 Å². The number of hydrogen-bond donors (Lipinski definition) is 2. The van der Waals surface area contributed by atoms with E-state index in [1.807, 2.05) is 42.5 Å². The van der Waals surface area contributed by atoms with Gasteiger partial charge in [-0.15, -0.1) is 24.0 Å². The molecule has 1 aliphatic rings. The maximum Gasteiger partial charge on any atom is 0.191 e. The molecule has 140 valence electrons. The topological polar surface area (TPSA) is 54.9 Å². The summed E-state index contributed by atoms with van der Waals surface area (Å²) in [4.78, 5) is 4.25. The van der Waals surface area contributed by atoms with Crippen LogP contribution in [0.25, 0.3) is 0 Å². The van der Waals surface area contributed by atoms with E-state index in [9.17, 15) is 0 Å². The first-order valence-corrected chi connectivity index (χ1v) is 8.70. The molecule has 0 radical (unpaired) electrons. The number of nitrogens with zero attached hydrogens (tertiary/aromatic N) is 1. The summed E-state index contributed by atoms with van der Waals surface area (Å²) >= 11 is 6.18. The van der Waals surface area contributed by atoms with Crippen LogP contribution in [0, 0.1) is 0 Å². The van der Waals surface area contributed by atoms with Gasteiger partial charge in [0.1, 0.15) is 0 Å². The van der Waals surface area contributed by atoms with Gasteiger partial charge in [0.15, 0.2) is 17.5 Å². The highest BCUT2D eigenvalue weighted by Gasteiger charge is 2.10. The molecule has 0 amide bonds. The molecule has 0 spiro atoms. The van der Waals surface area contributed by atoms with E-state index in [1.54, 1.807) is 7.05 Å². The van der Waals surface area contributed by atoms with Gasteiger partial charge in [-0.2, -0.15) is 0 Å². The molecule has 2 N–H and O–H groups in total. The second-order valence-electron chi connectivity index (χ2n) is 5.70. The van der Waals surface area contributed by atoms with Crippen molar-refractivity contribution in [2.45, 2.75) is 19.5 Å². The van der Waals surface area contributed by atoms with Crippen LogP contribution < -0.4 is 20.1 Å². The van der Waals surface area contributed by atoms with Crippen molar-refractivity contribution < 1.29 is 9.47 Å². The van der Waals surface area contributed by atoms with Crippen LogP contribution in [0.3, 0.4) is 0 Å². The molecule has 0 atom stereocenters. The molecule has 0 saturated carbocycles. The molecule has 7 heteroatoms. The zero-order valence-corrected chi connectivity index (χ0v) is 17.7. The Morgan fingerprint density at radius 2 is 1.77 bits per heavy atom. The molecule has 5 nitrogen and oxygen atoms in total. The lowest BCUT2D eigenvalue weighted by atomic mass is 10.2. The van der Waals surface area contributed by atoms with Crippen LogP contribution in [0.4, 0.5) is 0 Å². The molecule has 2 aromatic rings. The van der Waals surface area contributed by atoms with E-state index in [-0.39, 0.29) is 24.0 Å². The van der Waals surface area contributed by atoms with E-state index in [1.165, 1.54) is 0 Å². The first-order chi connectivity index (χ1) is 12.3. The summed E-state index contributed by atoms with van der Waals surface area (Å²) in [7, 11) is 1.75. The fourth-order valence-corrected chi connectivity index (χ4v) is 2.75. The number of guanidine groups is 1. The van der Waals surface area contributed by atoms with Crippen molar-refractivity contribution in [1.29, 1.82) is 0 Å². The number of rotatable bonds is 4. The van der Waals surface area contributed by atoms with Crippen LogP contribution in [0.2, 0.25) is 5.02 Å². The lowest BCUT2D eigenvalue weighted by Gasteiger charge is -2.14. The monoisotopic (exact) mass is 487 g/mol. The zero-order valence-electron chi connectivity index (χ0n) is 14.6. The van der Waals surface area contributed by atoms with Crippen molar-refractivity contribution in [1.82, 2.24) is 10.6 Å². The summed E-state index contributed by atoms with van der Waals surface area (Å²) in [5, 5.41) is 7.31. The summed E-state index contributed by atoms with van der Waals surface area (Å²) < 4.78 is 11.4. The molecule has 0 unspecified atom stereocenters. The Balaban J connectivity index is 0.00000243. The van der Waals surface area contributed by atoms with Gasteiger partial charge in [-0.05, 0) is 29.3 Å². The quantitative estimate of drug-likeness (QED) is 0.389. The first-order valence-electron chi connectivity index (χ1n) is 8.32. The molecule has 0 aromatic heterocycles. The molecule has 0 aliphatic carbocycles. The molecule has 0 fully saturated rings. The SMILES string of the molecule is CN=C(NCc1ccc2c(c1)OCCCO2)NCc1ccccc1Cl.I. The predicted molar refractivity (Wildman–Crippen MR) is 116 cm³/mol. The highest BCUT2D eigenvalue weighted by Crippen LogP contribution is 2.30. The number of ether oxygens (including phenoxy) is 2. The van der Waals surface area contributed by atoms with E-state index in [2.05, 4.69) is 15.6 Å². The van der Waals surface area contributed by atoms with Crippen LogP contribution in [-0.4, -0.2) is 26.2 Å². The predicted octanol–water partition coefficient (Wildman–Crippen LogP) is 3.98. The molecule has 1 aliphatic heterocycles. The highest BCUT2D eigenvalue weighted by molar-refractivity contribution is 14.0. The van der Waals surface area contributed by atoms with Crippen molar-refractivity contribution in [3.05, 3.63) is 58.6 Å². The smallest absolute Gasteiger partial charge is 0.191 e. The van der Waals surface area contributed by atoms with Crippen LogP contribution in [-0.2, 0) is 13.1 Å². The molecular weight excluding hydrogens is 465 g/mol. The Labute approximate surface area is 176 Å². The lowest BCUT2D eigenvalue weighted by molar-refractivity contribution is 0.297. The van der Waals surface area contributed by atoms with Gasteiger partial charge in [-0.1, -0.05) is 35.9 Å². The minimum absolute atomic E-state index is 0. The van der Waals surface area contributed by atoms with E-state index in [0.717, 1.165) is 34.1 Å². The Morgan fingerprint density at radius 1 is 1.04 bits per heavy atom. The van der Waals surface area contributed by atoms with Crippen molar-refractivity contribution in [3.8, 4) is 11.5 Å². The standard InChI is InChI=1S/C19H22ClN3O2.HI/c1-21-19(23-13-15-5-2-3-6-16(15)20)22-12-14-7-8-17-18(11-14)25-10-4-9-24-17;/h2-3,5-8,11H,4,9-10,12-13H2,1H3,(H2,21,22,23);1H. The number of aliphatic imine (C=N–C) groups is 1. The fraction of sp³-hybridized carbons (Fsp3) is 0.316. The minimum atomic E-state index is 0. The molecule has 0 bridgehead atoms. The Morgan fingerprint density at radius 3 is 2.54 bits per heavy atom. The van der Waals surface area contributed by atoms with Crippen molar-refractivity contribution >= 4 is 41.5 Å². The Bertz CT molecular complexity index is 755. The fourth-order valence-electron chi connectivity index (χ4n) is 2.54. The summed E-state index contributed by atoms with van der Waals surface area (Å²) in [6, 6.07) is 13.8. The van der Waals surface area contributed by atoms with Gasteiger partial charge < -0.3 is 20.1 Å². The second kappa shape index (κ2) is 10.5. The van der Waals surface area contributed by atoms with E-state index in [4.69, 9.17) is 21.1 Å². The Hall–Kier alpha value is -1.67. The number of benzene rings is 2. The highest BCUT2D eigenvalue weighted by atomic mass is 127. The maximum absolute atomic E-state index is 6.18. The molecule has 1 heterocycles.